The van der Waals surface area contributed by atoms with Gasteiger partial charge in [-0.05, 0) is 43.2 Å². The highest BCUT2D eigenvalue weighted by molar-refractivity contribution is 5.95. The second kappa shape index (κ2) is 7.50. The number of hydrogen-bond acceptors (Lipinski definition) is 3. The lowest BCUT2D eigenvalue weighted by Crippen LogP contribution is -2.32. The van der Waals surface area contributed by atoms with Gasteiger partial charge in [0.1, 0.15) is 11.5 Å². The molecule has 4 heteroatoms. The molecule has 0 aliphatic rings. The van der Waals surface area contributed by atoms with Crippen LogP contribution < -0.4 is 14.8 Å². The third-order valence-electron chi connectivity index (χ3n) is 3.30. The van der Waals surface area contributed by atoms with Crippen molar-refractivity contribution in [2.24, 2.45) is 0 Å². The zero-order valence-electron chi connectivity index (χ0n) is 13.1. The Kier molecular flexibility index (Phi) is 5.42. The first kappa shape index (κ1) is 15.9. The molecule has 0 heterocycles. The molecule has 2 aromatic rings. The van der Waals surface area contributed by atoms with Gasteiger partial charge in [0.25, 0.3) is 5.91 Å². The number of amides is 1. The van der Waals surface area contributed by atoms with Crippen molar-refractivity contribution in [1.29, 1.82) is 0 Å². The van der Waals surface area contributed by atoms with Gasteiger partial charge < -0.3 is 14.8 Å². The summed E-state index contributed by atoms with van der Waals surface area (Å²) in [4.78, 5) is 12.4. The smallest absolute Gasteiger partial charge is 0.265 e. The van der Waals surface area contributed by atoms with Gasteiger partial charge in [-0.3, -0.25) is 4.79 Å². The van der Waals surface area contributed by atoms with Gasteiger partial charge in [-0.25, -0.2) is 0 Å². The first-order chi connectivity index (χ1) is 10.6. The summed E-state index contributed by atoms with van der Waals surface area (Å²) < 4.78 is 11.0. The second-order valence-corrected chi connectivity index (χ2v) is 5.02. The van der Waals surface area contributed by atoms with Crippen molar-refractivity contribution in [2.75, 3.05) is 12.4 Å². The zero-order valence-corrected chi connectivity index (χ0v) is 13.1. The summed E-state index contributed by atoms with van der Waals surface area (Å²) in [7, 11) is 1.57. The Balaban J connectivity index is 2.09. The fraction of sp³-hybridized carbons (Fsp3) is 0.278. The van der Waals surface area contributed by atoms with Crippen molar-refractivity contribution < 1.29 is 14.3 Å². The van der Waals surface area contributed by atoms with Gasteiger partial charge in [0.15, 0.2) is 6.10 Å². The van der Waals surface area contributed by atoms with Gasteiger partial charge in [0.2, 0.25) is 0 Å². The van der Waals surface area contributed by atoms with Gasteiger partial charge in [-0.2, -0.15) is 0 Å². The number of para-hydroxylation sites is 2. The maximum atomic E-state index is 12.4. The van der Waals surface area contributed by atoms with Crippen LogP contribution in [0.4, 0.5) is 5.69 Å². The second-order valence-electron chi connectivity index (χ2n) is 5.02. The lowest BCUT2D eigenvalue weighted by Gasteiger charge is -2.18. The highest BCUT2D eigenvalue weighted by atomic mass is 16.5. The summed E-state index contributed by atoms with van der Waals surface area (Å²) >= 11 is 0. The third-order valence-corrected chi connectivity index (χ3v) is 3.30. The van der Waals surface area contributed by atoms with Crippen molar-refractivity contribution >= 4 is 11.6 Å². The average Bonchev–Trinajstić information content (AvgIpc) is 2.53. The summed E-state index contributed by atoms with van der Waals surface area (Å²) in [5, 5.41) is 2.86. The fourth-order valence-electron chi connectivity index (χ4n) is 2.14. The Morgan fingerprint density at radius 3 is 2.64 bits per heavy atom. The molecule has 0 aliphatic carbocycles. The molecular formula is C18H21NO3. The van der Waals surface area contributed by atoms with Crippen molar-refractivity contribution in [1.82, 2.24) is 0 Å². The minimum Gasteiger partial charge on any atom is -0.495 e. The molecule has 4 nitrogen and oxygen atoms in total. The molecule has 0 saturated carbocycles. The SMILES string of the molecule is CC[C@@H](Oc1cccc(C)c1)C(=O)Nc1ccccc1OC. The lowest BCUT2D eigenvalue weighted by atomic mass is 10.2. The van der Waals surface area contributed by atoms with E-state index in [2.05, 4.69) is 5.32 Å². The monoisotopic (exact) mass is 299 g/mol. The molecule has 0 bridgehead atoms. The van der Waals surface area contributed by atoms with Gasteiger partial charge >= 0.3 is 0 Å². The molecule has 0 unspecified atom stereocenters. The number of carbonyl (C=O) groups is 1. The first-order valence-corrected chi connectivity index (χ1v) is 7.31. The van der Waals surface area contributed by atoms with E-state index in [1.165, 1.54) is 0 Å². The number of anilines is 1. The van der Waals surface area contributed by atoms with Crippen molar-refractivity contribution in [3.05, 3.63) is 54.1 Å². The summed E-state index contributed by atoms with van der Waals surface area (Å²) in [6, 6.07) is 15.0. The highest BCUT2D eigenvalue weighted by Gasteiger charge is 2.19. The molecule has 1 amide bonds. The van der Waals surface area contributed by atoms with Gasteiger partial charge in [-0.15, -0.1) is 0 Å². The Morgan fingerprint density at radius 2 is 1.95 bits per heavy atom. The quantitative estimate of drug-likeness (QED) is 0.882. The van der Waals surface area contributed by atoms with Gasteiger partial charge in [-0.1, -0.05) is 31.2 Å². The summed E-state index contributed by atoms with van der Waals surface area (Å²) in [5.74, 6) is 1.14. The molecule has 2 aromatic carbocycles. The molecule has 0 spiro atoms. The topological polar surface area (TPSA) is 47.6 Å². The summed E-state index contributed by atoms with van der Waals surface area (Å²) in [6.45, 7) is 3.91. The number of nitrogens with one attached hydrogen (secondary N) is 1. The standard InChI is InChI=1S/C18H21NO3/c1-4-16(22-14-9-7-8-13(2)12-14)18(20)19-15-10-5-6-11-17(15)21-3/h5-12,16H,4H2,1-3H3,(H,19,20)/t16-/m1/s1. The fourth-order valence-corrected chi connectivity index (χ4v) is 2.14. The predicted octanol–water partition coefficient (Wildman–Crippen LogP) is 3.80. The molecule has 0 aliphatic heterocycles. The van der Waals surface area contributed by atoms with Crippen LogP contribution in [0.3, 0.4) is 0 Å². The van der Waals surface area contributed by atoms with Crippen LogP contribution in [0, 0.1) is 6.92 Å². The number of rotatable bonds is 6. The first-order valence-electron chi connectivity index (χ1n) is 7.31. The maximum Gasteiger partial charge on any atom is 0.265 e. The van der Waals surface area contributed by atoms with Crippen LogP contribution in [0.15, 0.2) is 48.5 Å². The van der Waals surface area contributed by atoms with Crippen LogP contribution in [-0.2, 0) is 4.79 Å². The summed E-state index contributed by atoms with van der Waals surface area (Å²) in [6.07, 6.45) is 0.0290. The molecule has 2 rings (SSSR count). The van der Waals surface area contributed by atoms with Crippen LogP contribution in [0.5, 0.6) is 11.5 Å². The van der Waals surface area contributed by atoms with Gasteiger partial charge in [0.05, 0.1) is 12.8 Å². The van der Waals surface area contributed by atoms with Crippen LogP contribution >= 0.6 is 0 Å². The molecule has 0 saturated heterocycles. The zero-order chi connectivity index (χ0) is 15.9. The van der Waals surface area contributed by atoms with E-state index >= 15 is 0 Å². The average molecular weight is 299 g/mol. The van der Waals surface area contributed by atoms with Crippen molar-refractivity contribution in [3.8, 4) is 11.5 Å². The Bertz CT molecular complexity index is 640. The Hall–Kier alpha value is -2.49. The van der Waals surface area contributed by atoms with E-state index in [4.69, 9.17) is 9.47 Å². The Morgan fingerprint density at radius 1 is 1.18 bits per heavy atom. The molecule has 0 radical (unpaired) electrons. The van der Waals surface area contributed by atoms with E-state index in [1.54, 1.807) is 19.2 Å². The van der Waals surface area contributed by atoms with E-state index in [0.717, 1.165) is 5.56 Å². The molecule has 1 N–H and O–H groups in total. The predicted molar refractivity (Wildman–Crippen MR) is 87.5 cm³/mol. The van der Waals surface area contributed by atoms with E-state index in [0.29, 0.717) is 23.6 Å². The molecule has 0 aromatic heterocycles. The number of carbonyl (C=O) groups excluding carboxylic acids is 1. The van der Waals surface area contributed by atoms with E-state index in [-0.39, 0.29) is 5.91 Å². The normalized spacial score (nSPS) is 11.6. The maximum absolute atomic E-state index is 12.4. The van der Waals surface area contributed by atoms with E-state index in [9.17, 15) is 4.79 Å². The van der Waals surface area contributed by atoms with Gasteiger partial charge in [0, 0.05) is 0 Å². The van der Waals surface area contributed by atoms with Crippen LogP contribution in [0.2, 0.25) is 0 Å². The number of hydrogen-bond donors (Lipinski definition) is 1. The number of methoxy groups -OCH3 is 1. The minimum atomic E-state index is -0.549. The third kappa shape index (κ3) is 4.01. The summed E-state index contributed by atoms with van der Waals surface area (Å²) in [5.41, 5.74) is 1.73. The lowest BCUT2D eigenvalue weighted by molar-refractivity contribution is -0.122. The largest absolute Gasteiger partial charge is 0.495 e. The molecular weight excluding hydrogens is 278 g/mol. The highest BCUT2D eigenvalue weighted by Crippen LogP contribution is 2.24. The van der Waals surface area contributed by atoms with Crippen LogP contribution in [-0.4, -0.2) is 19.1 Å². The molecule has 0 fully saturated rings. The molecule has 116 valence electrons. The van der Waals surface area contributed by atoms with Crippen molar-refractivity contribution in [3.63, 3.8) is 0 Å². The minimum absolute atomic E-state index is 0.187. The number of aryl methyl sites for hydroxylation is 1. The van der Waals surface area contributed by atoms with Crippen molar-refractivity contribution in [2.45, 2.75) is 26.4 Å². The van der Waals surface area contributed by atoms with Crippen LogP contribution in [0.1, 0.15) is 18.9 Å². The van der Waals surface area contributed by atoms with E-state index in [1.807, 2.05) is 50.2 Å². The Labute approximate surface area is 131 Å². The molecule has 1 atom stereocenters. The molecule has 22 heavy (non-hydrogen) atoms. The number of benzene rings is 2. The van der Waals surface area contributed by atoms with E-state index < -0.39 is 6.10 Å². The number of ether oxygens (including phenoxy) is 2. The van der Waals surface area contributed by atoms with Crippen LogP contribution in [0.25, 0.3) is 0 Å².